The zero-order chi connectivity index (χ0) is 11.4. The molecule has 16 heavy (non-hydrogen) atoms. The number of aryl methyl sites for hydroxylation is 1. The Morgan fingerprint density at radius 2 is 2.31 bits per heavy atom. The highest BCUT2D eigenvalue weighted by Crippen LogP contribution is 2.23. The Morgan fingerprint density at radius 1 is 1.44 bits per heavy atom. The van der Waals surface area contributed by atoms with E-state index in [-0.39, 0.29) is 0 Å². The number of rotatable bonds is 3. The zero-order valence-electron chi connectivity index (χ0n) is 9.91. The smallest absolute Gasteiger partial charge is 0.123 e. The third-order valence-electron chi connectivity index (χ3n) is 2.95. The zero-order valence-corrected chi connectivity index (χ0v) is 9.91. The largest absolute Gasteiger partial charge is 0.492 e. The molecule has 0 saturated carbocycles. The summed E-state index contributed by atoms with van der Waals surface area (Å²) < 4.78 is 5.74. The highest BCUT2D eigenvalue weighted by atomic mass is 16.5. The lowest BCUT2D eigenvalue weighted by molar-refractivity contribution is 0.225. The second-order valence-electron chi connectivity index (χ2n) is 4.38. The van der Waals surface area contributed by atoms with Crippen molar-refractivity contribution in [2.45, 2.75) is 19.9 Å². The molecule has 0 fully saturated rings. The molecule has 1 aliphatic heterocycles. The molecule has 0 amide bonds. The number of nitrogens with zero attached hydrogens (tertiary/aromatic N) is 1. The van der Waals surface area contributed by atoms with Crippen LogP contribution in [0.4, 0.5) is 0 Å². The summed E-state index contributed by atoms with van der Waals surface area (Å²) in [5, 5.41) is 0. The Balaban J connectivity index is 2.10. The molecule has 1 aliphatic rings. The van der Waals surface area contributed by atoms with Gasteiger partial charge in [-0.25, -0.2) is 0 Å². The van der Waals surface area contributed by atoms with Gasteiger partial charge in [0.1, 0.15) is 12.4 Å². The van der Waals surface area contributed by atoms with Gasteiger partial charge in [0.05, 0.1) is 0 Å². The number of hydrogen-bond acceptors (Lipinski definition) is 3. The van der Waals surface area contributed by atoms with Crippen molar-refractivity contribution in [1.82, 2.24) is 4.90 Å². The van der Waals surface area contributed by atoms with Crippen molar-refractivity contribution in [3.63, 3.8) is 0 Å². The summed E-state index contributed by atoms with van der Waals surface area (Å²) in [5.41, 5.74) is 8.14. The molecule has 1 aromatic carbocycles. The summed E-state index contributed by atoms with van der Waals surface area (Å²) >= 11 is 0. The molecule has 0 spiro atoms. The third kappa shape index (κ3) is 2.74. The van der Waals surface area contributed by atoms with Crippen molar-refractivity contribution in [3.8, 4) is 5.75 Å². The first-order valence-electron chi connectivity index (χ1n) is 5.94. The van der Waals surface area contributed by atoms with E-state index in [1.54, 1.807) is 0 Å². The van der Waals surface area contributed by atoms with E-state index in [0.717, 1.165) is 45.0 Å². The summed E-state index contributed by atoms with van der Waals surface area (Å²) in [6.45, 7) is 6.70. The molecule has 0 saturated heterocycles. The fourth-order valence-corrected chi connectivity index (χ4v) is 2.08. The fourth-order valence-electron chi connectivity index (χ4n) is 2.08. The molecule has 0 aliphatic carbocycles. The monoisotopic (exact) mass is 220 g/mol. The molecule has 2 rings (SSSR count). The van der Waals surface area contributed by atoms with Crippen molar-refractivity contribution in [3.05, 3.63) is 29.3 Å². The molecule has 0 atom stereocenters. The Labute approximate surface area is 97.2 Å². The summed E-state index contributed by atoms with van der Waals surface area (Å²) in [6.07, 6.45) is 1.06. The summed E-state index contributed by atoms with van der Waals surface area (Å²) in [7, 11) is 0. The minimum atomic E-state index is 0.762. The van der Waals surface area contributed by atoms with Crippen LogP contribution in [0.15, 0.2) is 18.2 Å². The van der Waals surface area contributed by atoms with Crippen LogP contribution in [0, 0.1) is 6.92 Å². The Hall–Kier alpha value is -1.06. The topological polar surface area (TPSA) is 38.5 Å². The van der Waals surface area contributed by atoms with E-state index in [1.807, 2.05) is 0 Å². The quantitative estimate of drug-likeness (QED) is 0.839. The average Bonchev–Trinajstić information content (AvgIpc) is 2.47. The molecule has 0 unspecified atom stereocenters. The van der Waals surface area contributed by atoms with Gasteiger partial charge in [-0.2, -0.15) is 0 Å². The van der Waals surface area contributed by atoms with E-state index in [9.17, 15) is 0 Å². The van der Waals surface area contributed by atoms with Gasteiger partial charge >= 0.3 is 0 Å². The molecule has 2 N–H and O–H groups in total. The van der Waals surface area contributed by atoms with Crippen molar-refractivity contribution in [2.75, 3.05) is 26.2 Å². The first-order chi connectivity index (χ1) is 7.79. The third-order valence-corrected chi connectivity index (χ3v) is 2.95. The van der Waals surface area contributed by atoms with Crippen LogP contribution in [0.3, 0.4) is 0 Å². The standard InChI is InChI=1S/C13H20N2O/c1-11-3-4-13-12(9-11)10-15(6-2-5-14)7-8-16-13/h3-4,9H,2,5-8,10,14H2,1H3. The van der Waals surface area contributed by atoms with Crippen LogP contribution < -0.4 is 10.5 Å². The van der Waals surface area contributed by atoms with Gasteiger partial charge in [0.2, 0.25) is 0 Å². The average molecular weight is 220 g/mol. The molecule has 1 heterocycles. The van der Waals surface area contributed by atoms with Gasteiger partial charge in [0, 0.05) is 18.7 Å². The van der Waals surface area contributed by atoms with Gasteiger partial charge < -0.3 is 10.5 Å². The molecule has 0 aromatic heterocycles. The van der Waals surface area contributed by atoms with Gasteiger partial charge in [-0.1, -0.05) is 17.7 Å². The molecule has 0 radical (unpaired) electrons. The van der Waals surface area contributed by atoms with E-state index >= 15 is 0 Å². The van der Waals surface area contributed by atoms with E-state index in [1.165, 1.54) is 11.1 Å². The van der Waals surface area contributed by atoms with Crippen LogP contribution in [-0.2, 0) is 6.54 Å². The van der Waals surface area contributed by atoms with Crippen LogP contribution in [0.2, 0.25) is 0 Å². The highest BCUT2D eigenvalue weighted by molar-refractivity contribution is 5.37. The molecular weight excluding hydrogens is 200 g/mol. The maximum Gasteiger partial charge on any atom is 0.123 e. The van der Waals surface area contributed by atoms with E-state index < -0.39 is 0 Å². The number of fused-ring (bicyclic) bond motifs is 1. The van der Waals surface area contributed by atoms with Gasteiger partial charge in [-0.15, -0.1) is 0 Å². The van der Waals surface area contributed by atoms with E-state index in [4.69, 9.17) is 10.5 Å². The predicted molar refractivity (Wildman–Crippen MR) is 65.6 cm³/mol. The molecule has 1 aromatic rings. The van der Waals surface area contributed by atoms with Gasteiger partial charge in [-0.3, -0.25) is 4.90 Å². The normalized spacial score (nSPS) is 16.4. The van der Waals surface area contributed by atoms with Gasteiger partial charge in [0.25, 0.3) is 0 Å². The number of ether oxygens (including phenoxy) is 1. The minimum Gasteiger partial charge on any atom is -0.492 e. The van der Waals surface area contributed by atoms with Crippen LogP contribution >= 0.6 is 0 Å². The Morgan fingerprint density at radius 3 is 3.12 bits per heavy atom. The summed E-state index contributed by atoms with van der Waals surface area (Å²) in [6, 6.07) is 6.40. The maximum absolute atomic E-state index is 5.74. The van der Waals surface area contributed by atoms with Crippen LogP contribution in [-0.4, -0.2) is 31.1 Å². The van der Waals surface area contributed by atoms with Crippen molar-refractivity contribution in [1.29, 1.82) is 0 Å². The summed E-state index contributed by atoms with van der Waals surface area (Å²) in [4.78, 5) is 2.41. The number of hydrogen-bond donors (Lipinski definition) is 1. The molecule has 3 nitrogen and oxygen atoms in total. The minimum absolute atomic E-state index is 0.762. The van der Waals surface area contributed by atoms with Gasteiger partial charge in [-0.05, 0) is 32.5 Å². The van der Waals surface area contributed by atoms with Gasteiger partial charge in [0.15, 0.2) is 0 Å². The second-order valence-corrected chi connectivity index (χ2v) is 4.38. The van der Waals surface area contributed by atoms with E-state index in [2.05, 4.69) is 30.0 Å². The second kappa shape index (κ2) is 5.32. The van der Waals surface area contributed by atoms with Crippen LogP contribution in [0.5, 0.6) is 5.75 Å². The van der Waals surface area contributed by atoms with Crippen molar-refractivity contribution < 1.29 is 4.74 Å². The molecular formula is C13H20N2O. The first kappa shape index (κ1) is 11.4. The molecule has 0 bridgehead atoms. The lowest BCUT2D eigenvalue weighted by atomic mass is 10.1. The number of nitrogens with two attached hydrogens (primary N) is 1. The lowest BCUT2D eigenvalue weighted by Gasteiger charge is -2.18. The van der Waals surface area contributed by atoms with Crippen molar-refractivity contribution in [2.24, 2.45) is 5.73 Å². The van der Waals surface area contributed by atoms with Crippen LogP contribution in [0.25, 0.3) is 0 Å². The van der Waals surface area contributed by atoms with E-state index in [0.29, 0.717) is 0 Å². The fraction of sp³-hybridized carbons (Fsp3) is 0.538. The predicted octanol–water partition coefficient (Wildman–Crippen LogP) is 1.54. The summed E-state index contributed by atoms with van der Waals surface area (Å²) in [5.74, 6) is 1.04. The SMILES string of the molecule is Cc1ccc2c(c1)CN(CCCN)CCO2. The first-order valence-corrected chi connectivity index (χ1v) is 5.94. The highest BCUT2D eigenvalue weighted by Gasteiger charge is 2.14. The molecule has 88 valence electrons. The Kier molecular flexibility index (Phi) is 3.80. The number of benzene rings is 1. The Bertz CT molecular complexity index is 350. The lowest BCUT2D eigenvalue weighted by Crippen LogP contribution is -2.28. The molecule has 3 heteroatoms. The van der Waals surface area contributed by atoms with Crippen molar-refractivity contribution >= 4 is 0 Å². The maximum atomic E-state index is 5.74. The van der Waals surface area contributed by atoms with Crippen LogP contribution in [0.1, 0.15) is 17.5 Å².